The molecule has 0 spiro atoms. The van der Waals surface area contributed by atoms with Crippen LogP contribution in [0.15, 0.2) is 12.3 Å². The highest BCUT2D eigenvalue weighted by Gasteiger charge is 2.31. The number of alkyl halides is 2. The number of carbonyl (C=O) groups is 1. The molecule has 0 radical (unpaired) electrons. The van der Waals surface area contributed by atoms with Crippen LogP contribution in [0.3, 0.4) is 0 Å². The van der Waals surface area contributed by atoms with E-state index in [1.807, 2.05) is 0 Å². The maximum atomic E-state index is 12.5. The third kappa shape index (κ3) is 3.54. The second kappa shape index (κ2) is 6.95. The lowest BCUT2D eigenvalue weighted by molar-refractivity contribution is 0.0533. The second-order valence-corrected chi connectivity index (χ2v) is 6.57. The van der Waals surface area contributed by atoms with Crippen LogP contribution in [0.2, 0.25) is 0 Å². The molecule has 0 aliphatic carbocycles. The van der Waals surface area contributed by atoms with Crippen LogP contribution in [0.4, 0.5) is 8.78 Å². The number of nitrogens with zero attached hydrogens (tertiary/aromatic N) is 4. The first-order valence-corrected chi connectivity index (χ1v) is 8.43. The van der Waals surface area contributed by atoms with E-state index in [4.69, 9.17) is 0 Å². The molecular weight excluding hydrogens is 302 g/mol. The largest absolute Gasteiger partial charge is 0.337 e. The number of rotatable bonds is 4. The van der Waals surface area contributed by atoms with Crippen LogP contribution in [-0.2, 0) is 0 Å². The Hall–Kier alpha value is -1.50. The molecule has 7 heteroatoms. The summed E-state index contributed by atoms with van der Waals surface area (Å²) in [5.41, 5.74) is 0.108. The monoisotopic (exact) mass is 326 g/mol. The van der Waals surface area contributed by atoms with Gasteiger partial charge in [0, 0.05) is 25.3 Å². The molecule has 2 fully saturated rings. The van der Waals surface area contributed by atoms with Crippen LogP contribution in [0.25, 0.3) is 0 Å². The van der Waals surface area contributed by atoms with E-state index in [0.29, 0.717) is 29.7 Å². The van der Waals surface area contributed by atoms with Crippen molar-refractivity contribution in [1.29, 1.82) is 0 Å². The maximum absolute atomic E-state index is 12.5. The average Bonchev–Trinajstić information content (AvgIpc) is 3.25. The zero-order valence-corrected chi connectivity index (χ0v) is 13.5. The first-order valence-electron chi connectivity index (χ1n) is 8.43. The van der Waals surface area contributed by atoms with E-state index in [1.165, 1.54) is 32.0 Å². The van der Waals surface area contributed by atoms with Gasteiger partial charge >= 0.3 is 6.55 Å². The van der Waals surface area contributed by atoms with Crippen molar-refractivity contribution in [2.75, 3.05) is 26.2 Å². The summed E-state index contributed by atoms with van der Waals surface area (Å²) in [6.07, 6.45) is 5.67. The number of aromatic nitrogens is 2. The van der Waals surface area contributed by atoms with E-state index in [0.717, 1.165) is 19.0 Å². The number of carbonyl (C=O) groups excluding carboxylic acids is 1. The number of piperidine rings is 1. The van der Waals surface area contributed by atoms with E-state index in [-0.39, 0.29) is 11.6 Å². The molecule has 2 aliphatic rings. The zero-order chi connectivity index (χ0) is 16.4. The third-order valence-electron chi connectivity index (χ3n) is 5.25. The molecule has 1 aromatic rings. The Labute approximate surface area is 135 Å². The Morgan fingerprint density at radius 3 is 2.43 bits per heavy atom. The standard InChI is InChI=1S/C16H24F2N4O/c1-12(20-7-2-3-8-20)13-4-9-21(10-5-13)15(23)14-6-11-22(19-14)16(17)18/h6,11-13,16H,2-5,7-10H2,1H3/t12-/m0/s1. The van der Waals surface area contributed by atoms with Crippen LogP contribution in [0.5, 0.6) is 0 Å². The summed E-state index contributed by atoms with van der Waals surface area (Å²) in [5.74, 6) is 0.368. The normalized spacial score (nSPS) is 22.0. The van der Waals surface area contributed by atoms with Crippen LogP contribution in [0.1, 0.15) is 49.6 Å². The highest BCUT2D eigenvalue weighted by molar-refractivity contribution is 5.92. The Morgan fingerprint density at radius 1 is 1.22 bits per heavy atom. The summed E-state index contributed by atoms with van der Waals surface area (Å²) in [4.78, 5) is 16.7. The Bertz CT molecular complexity index is 534. The summed E-state index contributed by atoms with van der Waals surface area (Å²) in [5, 5.41) is 3.67. The van der Waals surface area contributed by atoms with Crippen molar-refractivity contribution < 1.29 is 13.6 Å². The number of likely N-dealkylation sites (tertiary alicyclic amines) is 2. The summed E-state index contributed by atoms with van der Waals surface area (Å²) < 4.78 is 25.6. The smallest absolute Gasteiger partial charge is 0.333 e. The SMILES string of the molecule is C[C@@H](C1CCN(C(=O)c2ccn(C(F)F)n2)CC1)N1CCCC1. The first-order chi connectivity index (χ1) is 11.1. The fourth-order valence-electron chi connectivity index (χ4n) is 3.75. The molecule has 3 rings (SSSR count). The van der Waals surface area contributed by atoms with E-state index in [9.17, 15) is 13.6 Å². The minimum Gasteiger partial charge on any atom is -0.337 e. The lowest BCUT2D eigenvalue weighted by Gasteiger charge is -2.38. The number of halogens is 2. The molecule has 0 unspecified atom stereocenters. The zero-order valence-electron chi connectivity index (χ0n) is 13.5. The van der Waals surface area contributed by atoms with E-state index in [2.05, 4.69) is 16.9 Å². The molecule has 0 saturated carbocycles. The van der Waals surface area contributed by atoms with Gasteiger partial charge in [-0.3, -0.25) is 4.79 Å². The van der Waals surface area contributed by atoms with Crippen molar-refractivity contribution in [3.8, 4) is 0 Å². The van der Waals surface area contributed by atoms with Crippen LogP contribution >= 0.6 is 0 Å². The van der Waals surface area contributed by atoms with Crippen molar-refractivity contribution in [1.82, 2.24) is 19.6 Å². The van der Waals surface area contributed by atoms with Gasteiger partial charge in [-0.1, -0.05) is 0 Å². The Kier molecular flexibility index (Phi) is 4.94. The minimum absolute atomic E-state index is 0.108. The molecule has 1 aromatic heterocycles. The molecule has 23 heavy (non-hydrogen) atoms. The second-order valence-electron chi connectivity index (χ2n) is 6.57. The first kappa shape index (κ1) is 16.4. The molecule has 5 nitrogen and oxygen atoms in total. The number of amides is 1. The molecular formula is C16H24F2N4O. The highest BCUT2D eigenvalue weighted by Crippen LogP contribution is 2.27. The molecule has 128 valence electrons. The molecule has 0 N–H and O–H groups in total. The minimum atomic E-state index is -2.71. The quantitative estimate of drug-likeness (QED) is 0.854. The van der Waals surface area contributed by atoms with Gasteiger partial charge in [0.25, 0.3) is 5.91 Å². The van der Waals surface area contributed by atoms with Gasteiger partial charge < -0.3 is 9.80 Å². The van der Waals surface area contributed by atoms with Gasteiger partial charge in [0.15, 0.2) is 5.69 Å². The molecule has 0 bridgehead atoms. The summed E-state index contributed by atoms with van der Waals surface area (Å²) in [6.45, 7) is 3.32. The van der Waals surface area contributed by atoms with Gasteiger partial charge in [0.05, 0.1) is 0 Å². The predicted molar refractivity (Wildman–Crippen MR) is 82.4 cm³/mol. The fraction of sp³-hybridized carbons (Fsp3) is 0.750. The van der Waals surface area contributed by atoms with Crippen molar-refractivity contribution in [3.63, 3.8) is 0 Å². The van der Waals surface area contributed by atoms with Crippen molar-refractivity contribution in [3.05, 3.63) is 18.0 Å². The Morgan fingerprint density at radius 2 is 1.87 bits per heavy atom. The van der Waals surface area contributed by atoms with E-state index in [1.54, 1.807) is 4.90 Å². The van der Waals surface area contributed by atoms with E-state index < -0.39 is 6.55 Å². The van der Waals surface area contributed by atoms with Gasteiger partial charge in [0.1, 0.15) is 0 Å². The maximum Gasteiger partial charge on any atom is 0.333 e. The van der Waals surface area contributed by atoms with Crippen LogP contribution in [-0.4, -0.2) is 57.7 Å². The molecule has 2 aliphatic heterocycles. The molecule has 1 atom stereocenters. The summed E-state index contributed by atoms with van der Waals surface area (Å²) in [7, 11) is 0. The van der Waals surface area contributed by atoms with Gasteiger partial charge in [-0.25, -0.2) is 4.68 Å². The van der Waals surface area contributed by atoms with Crippen molar-refractivity contribution in [2.45, 2.75) is 45.2 Å². The molecule has 2 saturated heterocycles. The van der Waals surface area contributed by atoms with Gasteiger partial charge in [-0.2, -0.15) is 13.9 Å². The van der Waals surface area contributed by atoms with Gasteiger partial charge in [0.2, 0.25) is 0 Å². The number of hydrogen-bond donors (Lipinski definition) is 0. The van der Waals surface area contributed by atoms with Gasteiger partial charge in [-0.15, -0.1) is 0 Å². The third-order valence-corrected chi connectivity index (χ3v) is 5.25. The Balaban J connectivity index is 1.54. The summed E-state index contributed by atoms with van der Waals surface area (Å²) >= 11 is 0. The number of hydrogen-bond acceptors (Lipinski definition) is 3. The molecule has 3 heterocycles. The lowest BCUT2D eigenvalue weighted by Crippen LogP contribution is -2.45. The van der Waals surface area contributed by atoms with Crippen LogP contribution < -0.4 is 0 Å². The fourth-order valence-corrected chi connectivity index (χ4v) is 3.75. The molecule has 0 aromatic carbocycles. The van der Waals surface area contributed by atoms with Crippen LogP contribution in [0, 0.1) is 5.92 Å². The van der Waals surface area contributed by atoms with Gasteiger partial charge in [-0.05, 0) is 57.7 Å². The molecule has 1 amide bonds. The topological polar surface area (TPSA) is 41.4 Å². The average molecular weight is 326 g/mol. The lowest BCUT2D eigenvalue weighted by atomic mass is 9.89. The summed E-state index contributed by atoms with van der Waals surface area (Å²) in [6, 6.07) is 1.93. The van der Waals surface area contributed by atoms with Crippen molar-refractivity contribution in [2.24, 2.45) is 5.92 Å². The predicted octanol–water partition coefficient (Wildman–Crippen LogP) is 2.61. The van der Waals surface area contributed by atoms with Crippen molar-refractivity contribution >= 4 is 5.91 Å². The van der Waals surface area contributed by atoms with E-state index >= 15 is 0 Å². The highest BCUT2D eigenvalue weighted by atomic mass is 19.3.